The Bertz CT molecular complexity index is 745. The highest BCUT2D eigenvalue weighted by molar-refractivity contribution is 5.95. The summed E-state index contributed by atoms with van der Waals surface area (Å²) in [5, 5.41) is 5.28. The van der Waals surface area contributed by atoms with Gasteiger partial charge in [0, 0.05) is 12.2 Å². The number of carbonyl (C=O) groups is 2. The Labute approximate surface area is 150 Å². The number of benzene rings is 1. The highest BCUT2D eigenvalue weighted by Gasteiger charge is 2.34. The third-order valence-corrected chi connectivity index (χ3v) is 4.51. The van der Waals surface area contributed by atoms with E-state index in [-0.39, 0.29) is 17.7 Å². The summed E-state index contributed by atoms with van der Waals surface area (Å²) in [6.45, 7) is 3.98. The maximum atomic E-state index is 13.7. The summed E-state index contributed by atoms with van der Waals surface area (Å²) in [5.41, 5.74) is 0.925. The lowest BCUT2D eigenvalue weighted by molar-refractivity contribution is -0.139. The minimum Gasteiger partial charge on any atom is -0.463 e. The molecule has 8 heteroatoms. The largest absolute Gasteiger partial charge is 0.463 e. The first kappa shape index (κ1) is 18.3. The van der Waals surface area contributed by atoms with Crippen molar-refractivity contribution in [1.29, 1.82) is 0 Å². The van der Waals surface area contributed by atoms with E-state index in [1.807, 2.05) is 0 Å². The van der Waals surface area contributed by atoms with Gasteiger partial charge in [-0.3, -0.25) is 4.90 Å². The van der Waals surface area contributed by atoms with E-state index >= 15 is 0 Å². The van der Waals surface area contributed by atoms with Gasteiger partial charge in [0.25, 0.3) is 0 Å². The average Bonchev–Trinajstić information content (AvgIpc) is 3.10. The molecule has 0 bridgehead atoms. The van der Waals surface area contributed by atoms with E-state index in [0.717, 1.165) is 38.1 Å². The number of esters is 1. The summed E-state index contributed by atoms with van der Waals surface area (Å²) in [6.07, 6.45) is 2.11. The molecular weight excluding hydrogens is 344 g/mol. The number of urea groups is 1. The molecule has 0 saturated carbocycles. The lowest BCUT2D eigenvalue weighted by atomic mass is 9.94. The first-order chi connectivity index (χ1) is 12.5. The van der Waals surface area contributed by atoms with Crippen molar-refractivity contribution in [1.82, 2.24) is 15.5 Å². The molecule has 0 aliphatic carbocycles. The molecule has 6 nitrogen and oxygen atoms in total. The average molecular weight is 365 g/mol. The van der Waals surface area contributed by atoms with Crippen LogP contribution < -0.4 is 10.6 Å². The summed E-state index contributed by atoms with van der Waals surface area (Å²) in [5.74, 6) is -2.63. The molecule has 0 spiro atoms. The third kappa shape index (κ3) is 3.85. The van der Waals surface area contributed by atoms with Crippen molar-refractivity contribution in [2.24, 2.45) is 0 Å². The second-order valence-corrected chi connectivity index (χ2v) is 6.30. The normalized spacial score (nSPS) is 20.7. The number of rotatable bonds is 5. The molecule has 3 rings (SSSR count). The minimum absolute atomic E-state index is 0.164. The lowest BCUT2D eigenvalue weighted by Gasteiger charge is -2.31. The molecule has 0 unspecified atom stereocenters. The number of nitrogens with one attached hydrogen (secondary N) is 2. The van der Waals surface area contributed by atoms with Crippen LogP contribution in [0.25, 0.3) is 0 Å². The fraction of sp³-hybridized carbons (Fsp3) is 0.444. The van der Waals surface area contributed by atoms with Gasteiger partial charge in [0.2, 0.25) is 0 Å². The Morgan fingerprint density at radius 2 is 2.00 bits per heavy atom. The number of hydrogen-bond donors (Lipinski definition) is 2. The number of carbonyl (C=O) groups excluding carboxylic acids is 2. The third-order valence-electron chi connectivity index (χ3n) is 4.51. The molecule has 2 aliphatic rings. The number of ether oxygens (including phenoxy) is 1. The first-order valence-corrected chi connectivity index (χ1v) is 8.64. The second kappa shape index (κ2) is 7.82. The molecule has 26 heavy (non-hydrogen) atoms. The lowest BCUT2D eigenvalue weighted by Crippen LogP contribution is -2.48. The van der Waals surface area contributed by atoms with Crippen molar-refractivity contribution in [2.75, 3.05) is 26.2 Å². The quantitative estimate of drug-likeness (QED) is 0.785. The topological polar surface area (TPSA) is 70.7 Å². The number of likely N-dealkylation sites (tertiary alicyclic amines) is 1. The molecule has 0 radical (unpaired) electrons. The zero-order chi connectivity index (χ0) is 18.7. The van der Waals surface area contributed by atoms with E-state index in [0.29, 0.717) is 12.2 Å². The van der Waals surface area contributed by atoms with Crippen LogP contribution in [0.15, 0.2) is 29.5 Å². The molecule has 2 N–H and O–H groups in total. The van der Waals surface area contributed by atoms with Crippen LogP contribution in [0.3, 0.4) is 0 Å². The molecule has 140 valence electrons. The van der Waals surface area contributed by atoms with Gasteiger partial charge in [-0.15, -0.1) is 0 Å². The molecule has 1 aromatic carbocycles. The van der Waals surface area contributed by atoms with Crippen LogP contribution in [0.2, 0.25) is 0 Å². The Hall–Kier alpha value is -2.48. The SMILES string of the molecule is CCOC(=O)C1=C(CN2CCCC2)NC(=O)N[C@@H]1c1ccc(F)c(F)c1. The van der Waals surface area contributed by atoms with Gasteiger partial charge in [0.15, 0.2) is 11.6 Å². The monoisotopic (exact) mass is 365 g/mol. The van der Waals surface area contributed by atoms with Gasteiger partial charge in [-0.2, -0.15) is 0 Å². The summed E-state index contributed by atoms with van der Waals surface area (Å²) in [6, 6.07) is 1.90. The van der Waals surface area contributed by atoms with Crippen molar-refractivity contribution in [3.05, 3.63) is 46.7 Å². The maximum Gasteiger partial charge on any atom is 0.338 e. The highest BCUT2D eigenvalue weighted by atomic mass is 19.2. The van der Waals surface area contributed by atoms with Gasteiger partial charge in [0.1, 0.15) is 0 Å². The maximum absolute atomic E-state index is 13.7. The van der Waals surface area contributed by atoms with E-state index in [9.17, 15) is 18.4 Å². The summed E-state index contributed by atoms with van der Waals surface area (Å²) in [4.78, 5) is 26.8. The van der Waals surface area contributed by atoms with Crippen molar-refractivity contribution >= 4 is 12.0 Å². The zero-order valence-electron chi connectivity index (χ0n) is 14.5. The van der Waals surface area contributed by atoms with E-state index in [2.05, 4.69) is 15.5 Å². The minimum atomic E-state index is -1.04. The van der Waals surface area contributed by atoms with E-state index < -0.39 is 29.7 Å². The van der Waals surface area contributed by atoms with Crippen LogP contribution in [-0.4, -0.2) is 43.1 Å². The van der Waals surface area contributed by atoms with Gasteiger partial charge in [-0.1, -0.05) is 6.07 Å². The predicted molar refractivity (Wildman–Crippen MR) is 90.1 cm³/mol. The fourth-order valence-electron chi connectivity index (χ4n) is 3.30. The van der Waals surface area contributed by atoms with Gasteiger partial charge in [0.05, 0.1) is 18.2 Å². The van der Waals surface area contributed by atoms with E-state index in [1.165, 1.54) is 6.07 Å². The predicted octanol–water partition coefficient (Wildman–Crippen LogP) is 2.23. The van der Waals surface area contributed by atoms with Crippen molar-refractivity contribution in [3.8, 4) is 0 Å². The molecule has 1 aromatic rings. The standard InChI is InChI=1S/C18H21F2N3O3/c1-2-26-17(24)15-14(10-23-7-3-4-8-23)21-18(25)22-16(15)11-5-6-12(19)13(20)9-11/h5-6,9,16H,2-4,7-8,10H2,1H3,(H2,21,22,25)/t16-/m1/s1. The van der Waals surface area contributed by atoms with Crippen molar-refractivity contribution in [3.63, 3.8) is 0 Å². The van der Waals surface area contributed by atoms with Gasteiger partial charge < -0.3 is 15.4 Å². The molecule has 1 atom stereocenters. The highest BCUT2D eigenvalue weighted by Crippen LogP contribution is 2.29. The van der Waals surface area contributed by atoms with Gasteiger partial charge >= 0.3 is 12.0 Å². The molecular formula is C18H21F2N3O3. The number of halogens is 2. The van der Waals surface area contributed by atoms with Crippen LogP contribution in [0, 0.1) is 11.6 Å². The number of amides is 2. The Kier molecular flexibility index (Phi) is 5.51. The van der Waals surface area contributed by atoms with Gasteiger partial charge in [-0.05, 0) is 50.6 Å². The number of nitrogens with zero attached hydrogens (tertiary/aromatic N) is 1. The van der Waals surface area contributed by atoms with Crippen LogP contribution in [0.4, 0.5) is 13.6 Å². The Balaban J connectivity index is 2.02. The molecule has 2 amide bonds. The van der Waals surface area contributed by atoms with Crippen molar-refractivity contribution < 1.29 is 23.1 Å². The summed E-state index contributed by atoms with van der Waals surface area (Å²) >= 11 is 0. The zero-order valence-corrected chi connectivity index (χ0v) is 14.5. The molecule has 1 saturated heterocycles. The molecule has 2 aliphatic heterocycles. The Morgan fingerprint density at radius 3 is 2.65 bits per heavy atom. The summed E-state index contributed by atoms with van der Waals surface area (Å²) in [7, 11) is 0. The molecule has 1 fully saturated rings. The van der Waals surface area contributed by atoms with Crippen LogP contribution in [0.1, 0.15) is 31.4 Å². The number of hydrogen-bond acceptors (Lipinski definition) is 4. The van der Waals surface area contributed by atoms with E-state index in [4.69, 9.17) is 4.74 Å². The van der Waals surface area contributed by atoms with Crippen LogP contribution in [0.5, 0.6) is 0 Å². The smallest absolute Gasteiger partial charge is 0.338 e. The van der Waals surface area contributed by atoms with Gasteiger partial charge in [-0.25, -0.2) is 18.4 Å². The molecule has 2 heterocycles. The fourth-order valence-corrected chi connectivity index (χ4v) is 3.30. The Morgan fingerprint density at radius 1 is 1.27 bits per heavy atom. The van der Waals surface area contributed by atoms with Crippen LogP contribution >= 0.6 is 0 Å². The summed E-state index contributed by atoms with van der Waals surface area (Å²) < 4.78 is 32.1. The van der Waals surface area contributed by atoms with Crippen molar-refractivity contribution in [2.45, 2.75) is 25.8 Å². The molecule has 0 aromatic heterocycles. The first-order valence-electron chi connectivity index (χ1n) is 8.64. The second-order valence-electron chi connectivity index (χ2n) is 6.30. The van der Waals surface area contributed by atoms with Crippen LogP contribution in [-0.2, 0) is 9.53 Å². The van der Waals surface area contributed by atoms with E-state index in [1.54, 1.807) is 6.92 Å².